The molecule has 0 aliphatic heterocycles. The largest absolute Gasteiger partial charge is 0.394 e. The van der Waals surface area contributed by atoms with Crippen LogP contribution in [-0.2, 0) is 0 Å². The lowest BCUT2D eigenvalue weighted by Crippen LogP contribution is -2.48. The number of anilines is 1. The molecule has 0 heterocycles. The molecule has 0 saturated heterocycles. The van der Waals surface area contributed by atoms with Gasteiger partial charge in [-0.1, -0.05) is 0 Å². The molecule has 0 aromatic heterocycles. The number of hydrogen-bond donors (Lipinski definition) is 2. The highest BCUT2D eigenvalue weighted by Gasteiger charge is 2.36. The van der Waals surface area contributed by atoms with Crippen molar-refractivity contribution in [3.63, 3.8) is 0 Å². The number of nitriles is 1. The lowest BCUT2D eigenvalue weighted by Gasteiger charge is -2.42. The Hall–Kier alpha value is -1.60. The summed E-state index contributed by atoms with van der Waals surface area (Å²) >= 11 is 0. The van der Waals surface area contributed by atoms with E-state index in [-0.39, 0.29) is 17.7 Å². The number of rotatable bonds is 3. The maximum Gasteiger partial charge on any atom is 0.124 e. The average Bonchev–Trinajstić information content (AvgIpc) is 2.25. The zero-order chi connectivity index (χ0) is 11.6. The van der Waals surface area contributed by atoms with E-state index in [0.29, 0.717) is 5.69 Å². The molecule has 2 rings (SSSR count). The monoisotopic (exact) mass is 220 g/mol. The van der Waals surface area contributed by atoms with Crippen molar-refractivity contribution >= 4 is 5.69 Å². The SMILES string of the molecule is N#Cc1cc(F)ccc1NC1(CO)CCC1. The molecule has 2 N–H and O–H groups in total. The highest BCUT2D eigenvalue weighted by molar-refractivity contribution is 5.59. The second-order valence-corrected chi connectivity index (χ2v) is 4.22. The fourth-order valence-corrected chi connectivity index (χ4v) is 1.93. The molecule has 1 aromatic carbocycles. The second kappa shape index (κ2) is 4.11. The van der Waals surface area contributed by atoms with Crippen LogP contribution in [0.15, 0.2) is 18.2 Å². The van der Waals surface area contributed by atoms with Gasteiger partial charge in [0, 0.05) is 0 Å². The van der Waals surface area contributed by atoms with Crippen LogP contribution in [0.1, 0.15) is 24.8 Å². The molecule has 0 radical (unpaired) electrons. The number of aliphatic hydroxyl groups excluding tert-OH is 1. The summed E-state index contributed by atoms with van der Waals surface area (Å²) in [6.07, 6.45) is 2.83. The van der Waals surface area contributed by atoms with E-state index in [1.807, 2.05) is 6.07 Å². The number of nitrogens with zero attached hydrogens (tertiary/aromatic N) is 1. The molecule has 0 bridgehead atoms. The van der Waals surface area contributed by atoms with Crippen LogP contribution >= 0.6 is 0 Å². The number of benzene rings is 1. The van der Waals surface area contributed by atoms with Gasteiger partial charge in [0.25, 0.3) is 0 Å². The highest BCUT2D eigenvalue weighted by atomic mass is 19.1. The maximum atomic E-state index is 12.9. The third-order valence-electron chi connectivity index (χ3n) is 3.12. The Morgan fingerprint density at radius 3 is 2.75 bits per heavy atom. The second-order valence-electron chi connectivity index (χ2n) is 4.22. The summed E-state index contributed by atoms with van der Waals surface area (Å²) < 4.78 is 12.9. The first kappa shape index (κ1) is 10.9. The van der Waals surface area contributed by atoms with Crippen molar-refractivity contribution < 1.29 is 9.50 Å². The normalized spacial score (nSPS) is 17.3. The van der Waals surface area contributed by atoms with Gasteiger partial charge >= 0.3 is 0 Å². The zero-order valence-corrected chi connectivity index (χ0v) is 8.83. The molecule has 1 aromatic rings. The van der Waals surface area contributed by atoms with Gasteiger partial charge in [0.1, 0.15) is 11.9 Å². The summed E-state index contributed by atoms with van der Waals surface area (Å²) in [6, 6.07) is 6.01. The molecule has 4 heteroatoms. The molecule has 1 saturated carbocycles. The lowest BCUT2D eigenvalue weighted by molar-refractivity contribution is 0.144. The molecule has 84 valence electrons. The average molecular weight is 220 g/mol. The first-order valence-electron chi connectivity index (χ1n) is 5.28. The molecular weight excluding hydrogens is 207 g/mol. The quantitative estimate of drug-likeness (QED) is 0.819. The summed E-state index contributed by atoms with van der Waals surface area (Å²) in [5.41, 5.74) is 0.557. The summed E-state index contributed by atoms with van der Waals surface area (Å²) in [6.45, 7) is 0.0369. The molecule has 1 fully saturated rings. The van der Waals surface area contributed by atoms with Gasteiger partial charge in [-0.2, -0.15) is 5.26 Å². The summed E-state index contributed by atoms with van der Waals surface area (Å²) in [4.78, 5) is 0. The van der Waals surface area contributed by atoms with Crippen molar-refractivity contribution in [2.24, 2.45) is 0 Å². The van der Waals surface area contributed by atoms with Crippen LogP contribution in [0.25, 0.3) is 0 Å². The molecule has 1 aliphatic carbocycles. The van der Waals surface area contributed by atoms with Gasteiger partial charge in [0.2, 0.25) is 0 Å². The number of aliphatic hydroxyl groups is 1. The van der Waals surface area contributed by atoms with Crippen LogP contribution < -0.4 is 5.32 Å². The van der Waals surface area contributed by atoms with Crippen LogP contribution in [-0.4, -0.2) is 17.3 Å². The molecule has 0 unspecified atom stereocenters. The van der Waals surface area contributed by atoms with Crippen molar-refractivity contribution in [1.82, 2.24) is 0 Å². The van der Waals surface area contributed by atoms with Gasteiger partial charge in [-0.05, 0) is 37.5 Å². The van der Waals surface area contributed by atoms with E-state index in [1.165, 1.54) is 12.1 Å². The van der Waals surface area contributed by atoms with Crippen molar-refractivity contribution in [2.45, 2.75) is 24.8 Å². The van der Waals surface area contributed by atoms with E-state index < -0.39 is 5.82 Å². The Morgan fingerprint density at radius 1 is 1.50 bits per heavy atom. The van der Waals surface area contributed by atoms with Gasteiger partial charge in [-0.15, -0.1) is 0 Å². The van der Waals surface area contributed by atoms with Crippen LogP contribution in [0.4, 0.5) is 10.1 Å². The molecule has 1 aliphatic rings. The Morgan fingerprint density at radius 2 is 2.25 bits per heavy atom. The Balaban J connectivity index is 2.24. The van der Waals surface area contributed by atoms with E-state index in [0.717, 1.165) is 19.3 Å². The lowest BCUT2D eigenvalue weighted by atomic mass is 9.77. The van der Waals surface area contributed by atoms with Gasteiger partial charge in [-0.3, -0.25) is 0 Å². The minimum atomic E-state index is -0.422. The molecule has 0 atom stereocenters. The van der Waals surface area contributed by atoms with Crippen molar-refractivity contribution in [3.05, 3.63) is 29.6 Å². The predicted molar refractivity (Wildman–Crippen MR) is 58.4 cm³/mol. The Kier molecular flexibility index (Phi) is 2.80. The fraction of sp³-hybridized carbons (Fsp3) is 0.417. The molecule has 0 spiro atoms. The molecule has 3 nitrogen and oxygen atoms in total. The van der Waals surface area contributed by atoms with Crippen LogP contribution in [0.3, 0.4) is 0 Å². The summed E-state index contributed by atoms with van der Waals surface area (Å²) in [5, 5.41) is 21.3. The minimum Gasteiger partial charge on any atom is -0.394 e. The van der Waals surface area contributed by atoms with Crippen LogP contribution in [0.5, 0.6) is 0 Å². The van der Waals surface area contributed by atoms with E-state index in [9.17, 15) is 9.50 Å². The van der Waals surface area contributed by atoms with Gasteiger partial charge in [-0.25, -0.2) is 4.39 Å². The van der Waals surface area contributed by atoms with E-state index >= 15 is 0 Å². The molecule has 16 heavy (non-hydrogen) atoms. The van der Waals surface area contributed by atoms with E-state index in [2.05, 4.69) is 5.32 Å². The first-order valence-corrected chi connectivity index (χ1v) is 5.28. The van der Waals surface area contributed by atoms with Gasteiger partial charge < -0.3 is 10.4 Å². The summed E-state index contributed by atoms with van der Waals surface area (Å²) in [5.74, 6) is -0.422. The Bertz CT molecular complexity index is 430. The van der Waals surface area contributed by atoms with E-state index in [1.54, 1.807) is 6.07 Å². The predicted octanol–water partition coefficient (Wildman–Crippen LogP) is 2.02. The number of halogens is 1. The van der Waals surface area contributed by atoms with Crippen molar-refractivity contribution in [3.8, 4) is 6.07 Å². The topological polar surface area (TPSA) is 56.0 Å². The minimum absolute atomic E-state index is 0.0369. The fourth-order valence-electron chi connectivity index (χ4n) is 1.93. The smallest absolute Gasteiger partial charge is 0.124 e. The van der Waals surface area contributed by atoms with Crippen LogP contribution in [0, 0.1) is 17.1 Å². The summed E-state index contributed by atoms with van der Waals surface area (Å²) in [7, 11) is 0. The standard InChI is InChI=1S/C12H13FN2O/c13-10-2-3-11(9(6-10)7-14)15-12(8-16)4-1-5-12/h2-3,6,15-16H,1,4-5,8H2. The third kappa shape index (κ3) is 1.86. The van der Waals surface area contributed by atoms with Crippen LogP contribution in [0.2, 0.25) is 0 Å². The van der Waals surface area contributed by atoms with Gasteiger partial charge in [0.15, 0.2) is 0 Å². The number of nitrogens with one attached hydrogen (secondary N) is 1. The molecule has 0 amide bonds. The maximum absolute atomic E-state index is 12.9. The number of hydrogen-bond acceptors (Lipinski definition) is 3. The van der Waals surface area contributed by atoms with Gasteiger partial charge in [0.05, 0.1) is 23.4 Å². The molecular formula is C12H13FN2O. The highest BCUT2D eigenvalue weighted by Crippen LogP contribution is 2.35. The Labute approximate surface area is 93.5 Å². The third-order valence-corrected chi connectivity index (χ3v) is 3.12. The van der Waals surface area contributed by atoms with E-state index in [4.69, 9.17) is 5.26 Å². The van der Waals surface area contributed by atoms with Crippen molar-refractivity contribution in [2.75, 3.05) is 11.9 Å². The van der Waals surface area contributed by atoms with Crippen molar-refractivity contribution in [1.29, 1.82) is 5.26 Å². The zero-order valence-electron chi connectivity index (χ0n) is 8.83. The first-order chi connectivity index (χ1) is 7.69.